The quantitative estimate of drug-likeness (QED) is 0.774. The molecule has 0 aromatic carbocycles. The summed E-state index contributed by atoms with van der Waals surface area (Å²) in [5.41, 5.74) is 0.928. The van der Waals surface area contributed by atoms with Crippen molar-refractivity contribution in [3.63, 3.8) is 0 Å². The molecule has 1 fully saturated rings. The van der Waals surface area contributed by atoms with Crippen molar-refractivity contribution in [1.82, 2.24) is 9.78 Å². The second kappa shape index (κ2) is 3.44. The Hall–Kier alpha value is -1.32. The number of hydrogen-bond donors (Lipinski definition) is 1. The predicted molar refractivity (Wildman–Crippen MR) is 50.9 cm³/mol. The summed E-state index contributed by atoms with van der Waals surface area (Å²) in [7, 11) is 1.86. The summed E-state index contributed by atoms with van der Waals surface area (Å²) in [6, 6.07) is 1.92. The van der Waals surface area contributed by atoms with Gasteiger partial charge in [0, 0.05) is 19.2 Å². The number of nitrogens with zero attached hydrogens (tertiary/aromatic N) is 2. The molecular formula is C10H14N2O2. The van der Waals surface area contributed by atoms with E-state index >= 15 is 0 Å². The summed E-state index contributed by atoms with van der Waals surface area (Å²) in [5.74, 6) is -0.795. The highest BCUT2D eigenvalue weighted by molar-refractivity contribution is 5.71. The second-order valence-electron chi connectivity index (χ2n) is 3.90. The first kappa shape index (κ1) is 9.24. The number of aromatic nitrogens is 2. The molecule has 1 saturated carbocycles. The van der Waals surface area contributed by atoms with Crippen molar-refractivity contribution in [1.29, 1.82) is 0 Å². The molecule has 2 unspecified atom stereocenters. The van der Waals surface area contributed by atoms with Gasteiger partial charge in [0.05, 0.1) is 11.6 Å². The molecule has 4 heteroatoms. The number of aryl methyl sites for hydroxylation is 1. The Balaban J connectivity index is 2.21. The Morgan fingerprint density at radius 3 is 3.00 bits per heavy atom. The van der Waals surface area contributed by atoms with Gasteiger partial charge in [0.25, 0.3) is 0 Å². The first-order valence-electron chi connectivity index (χ1n) is 4.91. The van der Waals surface area contributed by atoms with Crippen LogP contribution >= 0.6 is 0 Å². The van der Waals surface area contributed by atoms with Crippen LogP contribution in [0.5, 0.6) is 0 Å². The highest BCUT2D eigenvalue weighted by Crippen LogP contribution is 2.38. The van der Waals surface area contributed by atoms with E-state index < -0.39 is 5.97 Å². The highest BCUT2D eigenvalue weighted by atomic mass is 16.4. The Morgan fingerprint density at radius 2 is 2.43 bits per heavy atom. The van der Waals surface area contributed by atoms with E-state index in [1.807, 2.05) is 19.3 Å². The molecule has 0 radical (unpaired) electrons. The molecule has 0 aliphatic heterocycles. The molecule has 0 spiro atoms. The smallest absolute Gasteiger partial charge is 0.307 e. The fourth-order valence-corrected chi connectivity index (χ4v) is 2.24. The van der Waals surface area contributed by atoms with Crippen molar-refractivity contribution in [3.8, 4) is 0 Å². The minimum absolute atomic E-state index is 0.119. The third kappa shape index (κ3) is 1.52. The zero-order valence-corrected chi connectivity index (χ0v) is 8.18. The Kier molecular flexibility index (Phi) is 2.27. The molecule has 14 heavy (non-hydrogen) atoms. The SMILES string of the molecule is Cn1ccc(C2CCCC2C(=O)O)n1. The van der Waals surface area contributed by atoms with E-state index in [2.05, 4.69) is 5.10 Å². The van der Waals surface area contributed by atoms with Crippen molar-refractivity contribution < 1.29 is 9.90 Å². The van der Waals surface area contributed by atoms with E-state index in [9.17, 15) is 4.79 Å². The zero-order chi connectivity index (χ0) is 10.1. The number of carboxylic acids is 1. The van der Waals surface area contributed by atoms with Gasteiger partial charge in [-0.15, -0.1) is 0 Å². The van der Waals surface area contributed by atoms with Crippen molar-refractivity contribution in [3.05, 3.63) is 18.0 Å². The molecule has 4 nitrogen and oxygen atoms in total. The van der Waals surface area contributed by atoms with E-state index in [1.54, 1.807) is 4.68 Å². The van der Waals surface area contributed by atoms with E-state index in [0.29, 0.717) is 0 Å². The molecule has 0 amide bonds. The third-order valence-corrected chi connectivity index (χ3v) is 2.95. The van der Waals surface area contributed by atoms with Crippen molar-refractivity contribution in [2.45, 2.75) is 25.2 Å². The summed E-state index contributed by atoms with van der Waals surface area (Å²) < 4.78 is 1.73. The molecular weight excluding hydrogens is 180 g/mol. The predicted octanol–water partition coefficient (Wildman–Crippen LogP) is 1.39. The summed E-state index contributed by atoms with van der Waals surface area (Å²) in [5, 5.41) is 13.3. The summed E-state index contributed by atoms with van der Waals surface area (Å²) in [6.45, 7) is 0. The average Bonchev–Trinajstić information content (AvgIpc) is 2.70. The van der Waals surface area contributed by atoms with E-state index in [0.717, 1.165) is 25.0 Å². The second-order valence-corrected chi connectivity index (χ2v) is 3.90. The molecule has 1 aliphatic carbocycles. The lowest BCUT2D eigenvalue weighted by molar-refractivity contribution is -0.142. The van der Waals surface area contributed by atoms with Gasteiger partial charge in [-0.05, 0) is 18.9 Å². The highest BCUT2D eigenvalue weighted by Gasteiger charge is 2.35. The fourth-order valence-electron chi connectivity index (χ4n) is 2.24. The van der Waals surface area contributed by atoms with Crippen LogP contribution in [0.25, 0.3) is 0 Å². The Labute approximate surface area is 82.5 Å². The molecule has 1 aromatic heterocycles. The third-order valence-electron chi connectivity index (χ3n) is 2.95. The summed E-state index contributed by atoms with van der Waals surface area (Å²) in [4.78, 5) is 11.0. The van der Waals surface area contributed by atoms with Gasteiger partial charge in [0.1, 0.15) is 0 Å². The Bertz CT molecular complexity index is 346. The maximum atomic E-state index is 11.0. The monoisotopic (exact) mass is 194 g/mol. The lowest BCUT2D eigenvalue weighted by atomic mass is 9.93. The van der Waals surface area contributed by atoms with Crippen LogP contribution in [0.3, 0.4) is 0 Å². The van der Waals surface area contributed by atoms with Gasteiger partial charge < -0.3 is 5.11 Å². The van der Waals surface area contributed by atoms with Gasteiger partial charge in [-0.1, -0.05) is 6.42 Å². The number of carboxylic acid groups (broad SMARTS) is 1. The maximum Gasteiger partial charge on any atom is 0.307 e. The van der Waals surface area contributed by atoms with E-state index in [-0.39, 0.29) is 11.8 Å². The number of rotatable bonds is 2. The fraction of sp³-hybridized carbons (Fsp3) is 0.600. The Morgan fingerprint density at radius 1 is 1.64 bits per heavy atom. The standard InChI is InChI=1S/C10H14N2O2/c1-12-6-5-9(11-12)7-3-2-4-8(7)10(13)14/h5-8H,2-4H2,1H3,(H,13,14). The lowest BCUT2D eigenvalue weighted by Gasteiger charge is -2.12. The van der Waals surface area contributed by atoms with Gasteiger partial charge in [-0.3, -0.25) is 9.48 Å². The summed E-state index contributed by atoms with van der Waals surface area (Å²) in [6.07, 6.45) is 4.61. The van der Waals surface area contributed by atoms with Crippen molar-refractivity contribution >= 4 is 5.97 Å². The normalized spacial score (nSPS) is 26.6. The van der Waals surface area contributed by atoms with Crippen LogP contribution in [0, 0.1) is 5.92 Å². The van der Waals surface area contributed by atoms with Gasteiger partial charge in [0.2, 0.25) is 0 Å². The molecule has 0 bridgehead atoms. The van der Waals surface area contributed by atoms with E-state index in [1.165, 1.54) is 0 Å². The van der Waals surface area contributed by atoms with Crippen LogP contribution in [0.1, 0.15) is 30.9 Å². The lowest BCUT2D eigenvalue weighted by Crippen LogP contribution is -2.17. The topological polar surface area (TPSA) is 55.1 Å². The van der Waals surface area contributed by atoms with E-state index in [4.69, 9.17) is 5.11 Å². The minimum Gasteiger partial charge on any atom is -0.481 e. The molecule has 1 N–H and O–H groups in total. The molecule has 0 saturated heterocycles. The molecule has 1 aromatic rings. The van der Waals surface area contributed by atoms with Gasteiger partial charge >= 0.3 is 5.97 Å². The molecule has 76 valence electrons. The van der Waals surface area contributed by atoms with Crippen LogP contribution in [0.4, 0.5) is 0 Å². The number of aliphatic carboxylic acids is 1. The first-order chi connectivity index (χ1) is 6.68. The molecule has 1 heterocycles. The van der Waals surface area contributed by atoms with Crippen LogP contribution in [-0.2, 0) is 11.8 Å². The average molecular weight is 194 g/mol. The number of hydrogen-bond acceptors (Lipinski definition) is 2. The van der Waals surface area contributed by atoms with Crippen LogP contribution in [0.2, 0.25) is 0 Å². The van der Waals surface area contributed by atoms with Crippen molar-refractivity contribution in [2.75, 3.05) is 0 Å². The minimum atomic E-state index is -0.682. The van der Waals surface area contributed by atoms with Crippen LogP contribution < -0.4 is 0 Å². The first-order valence-corrected chi connectivity index (χ1v) is 4.91. The molecule has 1 aliphatic rings. The zero-order valence-electron chi connectivity index (χ0n) is 8.18. The number of carbonyl (C=O) groups is 1. The van der Waals surface area contributed by atoms with Crippen LogP contribution in [-0.4, -0.2) is 20.9 Å². The van der Waals surface area contributed by atoms with Gasteiger partial charge in [0.15, 0.2) is 0 Å². The maximum absolute atomic E-state index is 11.0. The van der Waals surface area contributed by atoms with Gasteiger partial charge in [-0.2, -0.15) is 5.10 Å². The summed E-state index contributed by atoms with van der Waals surface area (Å²) >= 11 is 0. The molecule has 2 rings (SSSR count). The van der Waals surface area contributed by atoms with Crippen molar-refractivity contribution in [2.24, 2.45) is 13.0 Å². The van der Waals surface area contributed by atoms with Crippen LogP contribution in [0.15, 0.2) is 12.3 Å². The molecule has 2 atom stereocenters. The largest absolute Gasteiger partial charge is 0.481 e. The van der Waals surface area contributed by atoms with Gasteiger partial charge in [-0.25, -0.2) is 0 Å².